The van der Waals surface area contributed by atoms with Gasteiger partial charge in [-0.15, -0.1) is 0 Å². The van der Waals surface area contributed by atoms with Crippen LogP contribution in [0.5, 0.6) is 0 Å². The molecule has 2 N–H and O–H groups in total. The number of hydrogen-bond acceptors (Lipinski definition) is 2. The van der Waals surface area contributed by atoms with Crippen molar-refractivity contribution in [2.75, 3.05) is 5.32 Å². The van der Waals surface area contributed by atoms with E-state index in [2.05, 4.69) is 31.2 Å². The van der Waals surface area contributed by atoms with Crippen molar-refractivity contribution in [1.29, 1.82) is 0 Å². The fourth-order valence-corrected chi connectivity index (χ4v) is 2.32. The lowest BCUT2D eigenvalue weighted by Gasteiger charge is -2.06. The molecule has 2 aromatic heterocycles. The van der Waals surface area contributed by atoms with Gasteiger partial charge in [0.2, 0.25) is 0 Å². The third-order valence-electron chi connectivity index (χ3n) is 2.81. The first-order valence-corrected chi connectivity index (χ1v) is 6.52. The van der Waals surface area contributed by atoms with E-state index in [4.69, 9.17) is 0 Å². The predicted molar refractivity (Wildman–Crippen MR) is 78.2 cm³/mol. The molecule has 1 amide bonds. The summed E-state index contributed by atoms with van der Waals surface area (Å²) in [6, 6.07) is 11.1. The fourth-order valence-electron chi connectivity index (χ4n) is 1.88. The second-order valence-electron chi connectivity index (χ2n) is 4.08. The van der Waals surface area contributed by atoms with Gasteiger partial charge in [0.1, 0.15) is 4.60 Å². The van der Waals surface area contributed by atoms with Gasteiger partial charge in [-0.05, 0) is 52.3 Å². The number of anilines is 1. The Hall–Kier alpha value is -2.14. The van der Waals surface area contributed by atoms with E-state index in [0.29, 0.717) is 10.2 Å². The third kappa shape index (κ3) is 2.37. The Labute approximate surface area is 118 Å². The number of H-pyrrole nitrogens is 1. The molecule has 4 nitrogen and oxygen atoms in total. The Balaban J connectivity index is 1.88. The molecule has 2 heterocycles. The van der Waals surface area contributed by atoms with Crippen molar-refractivity contribution in [1.82, 2.24) is 9.97 Å². The van der Waals surface area contributed by atoms with Gasteiger partial charge in [0, 0.05) is 29.0 Å². The van der Waals surface area contributed by atoms with E-state index < -0.39 is 0 Å². The molecule has 0 radical (unpaired) electrons. The van der Waals surface area contributed by atoms with Crippen molar-refractivity contribution >= 4 is 38.4 Å². The number of nitrogens with one attached hydrogen (secondary N) is 2. The number of pyridine rings is 1. The van der Waals surface area contributed by atoms with Gasteiger partial charge in [-0.3, -0.25) is 4.79 Å². The Morgan fingerprint density at radius 1 is 1.26 bits per heavy atom. The number of halogens is 1. The molecule has 94 valence electrons. The van der Waals surface area contributed by atoms with Crippen LogP contribution in [0.4, 0.5) is 5.69 Å². The summed E-state index contributed by atoms with van der Waals surface area (Å²) in [6.45, 7) is 0. The molecule has 0 aliphatic heterocycles. The number of aromatic amines is 1. The van der Waals surface area contributed by atoms with E-state index in [-0.39, 0.29) is 5.91 Å². The molecule has 0 aliphatic rings. The predicted octanol–water partition coefficient (Wildman–Crippen LogP) is 3.58. The fraction of sp³-hybridized carbons (Fsp3) is 0. The molecular formula is C14H10BrN3O. The summed E-state index contributed by atoms with van der Waals surface area (Å²) >= 11 is 3.27. The zero-order valence-electron chi connectivity index (χ0n) is 9.85. The summed E-state index contributed by atoms with van der Waals surface area (Å²) < 4.78 is 0.537. The Bertz CT molecular complexity index is 751. The highest BCUT2D eigenvalue weighted by Crippen LogP contribution is 2.19. The largest absolute Gasteiger partial charge is 0.361 e. The van der Waals surface area contributed by atoms with Crippen molar-refractivity contribution in [2.45, 2.75) is 0 Å². The van der Waals surface area contributed by atoms with E-state index >= 15 is 0 Å². The smallest absolute Gasteiger partial charge is 0.258 e. The van der Waals surface area contributed by atoms with Crippen LogP contribution in [0.2, 0.25) is 0 Å². The van der Waals surface area contributed by atoms with Gasteiger partial charge < -0.3 is 10.3 Å². The summed E-state index contributed by atoms with van der Waals surface area (Å²) in [4.78, 5) is 19.3. The maximum absolute atomic E-state index is 12.1. The standard InChI is InChI=1S/C14H10BrN3O/c15-13-11(2-1-6-17-13)14(19)18-10-3-4-12-9(8-10)5-7-16-12/h1-8,16H,(H,18,19). The van der Waals surface area contributed by atoms with E-state index in [1.54, 1.807) is 18.3 Å². The van der Waals surface area contributed by atoms with Crippen molar-refractivity contribution in [2.24, 2.45) is 0 Å². The number of hydrogen-bond donors (Lipinski definition) is 2. The average Bonchev–Trinajstić information content (AvgIpc) is 2.86. The second kappa shape index (κ2) is 4.85. The molecule has 0 unspecified atom stereocenters. The normalized spacial score (nSPS) is 10.6. The first kappa shape index (κ1) is 11.9. The first-order valence-electron chi connectivity index (χ1n) is 5.73. The minimum atomic E-state index is -0.185. The molecule has 19 heavy (non-hydrogen) atoms. The van der Waals surface area contributed by atoms with Crippen LogP contribution in [0.25, 0.3) is 10.9 Å². The van der Waals surface area contributed by atoms with E-state index in [0.717, 1.165) is 16.6 Å². The molecule has 0 saturated heterocycles. The zero-order valence-corrected chi connectivity index (χ0v) is 11.4. The SMILES string of the molecule is O=C(Nc1ccc2[nH]ccc2c1)c1cccnc1Br. The van der Waals surface area contributed by atoms with Crippen molar-refractivity contribution in [3.63, 3.8) is 0 Å². The summed E-state index contributed by atoms with van der Waals surface area (Å²) in [6.07, 6.45) is 3.50. The molecule has 5 heteroatoms. The van der Waals surface area contributed by atoms with E-state index in [1.165, 1.54) is 0 Å². The number of carbonyl (C=O) groups excluding carboxylic acids is 1. The molecule has 0 spiro atoms. The van der Waals surface area contributed by atoms with Gasteiger partial charge in [-0.25, -0.2) is 4.98 Å². The number of nitrogens with zero attached hydrogens (tertiary/aromatic N) is 1. The molecule has 1 aromatic carbocycles. The molecule has 0 fully saturated rings. The monoisotopic (exact) mass is 315 g/mol. The van der Waals surface area contributed by atoms with Crippen molar-refractivity contribution in [3.05, 3.63) is 59.0 Å². The van der Waals surface area contributed by atoms with Gasteiger partial charge in [-0.1, -0.05) is 0 Å². The lowest BCUT2D eigenvalue weighted by atomic mass is 10.2. The van der Waals surface area contributed by atoms with Crippen molar-refractivity contribution < 1.29 is 4.79 Å². The quantitative estimate of drug-likeness (QED) is 0.710. The minimum absolute atomic E-state index is 0.185. The third-order valence-corrected chi connectivity index (χ3v) is 3.45. The lowest BCUT2D eigenvalue weighted by Crippen LogP contribution is -2.12. The van der Waals surface area contributed by atoms with Gasteiger partial charge in [0.05, 0.1) is 5.56 Å². The lowest BCUT2D eigenvalue weighted by molar-refractivity contribution is 0.102. The minimum Gasteiger partial charge on any atom is -0.361 e. The Kier molecular flexibility index (Phi) is 3.05. The molecule has 0 atom stereocenters. The van der Waals surface area contributed by atoms with Crippen LogP contribution in [-0.2, 0) is 0 Å². The molecule has 3 rings (SSSR count). The Morgan fingerprint density at radius 2 is 2.16 bits per heavy atom. The number of fused-ring (bicyclic) bond motifs is 1. The topological polar surface area (TPSA) is 57.8 Å². The summed E-state index contributed by atoms with van der Waals surface area (Å²) in [7, 11) is 0. The second-order valence-corrected chi connectivity index (χ2v) is 4.83. The highest BCUT2D eigenvalue weighted by molar-refractivity contribution is 9.10. The van der Waals surface area contributed by atoms with Crippen LogP contribution in [0.1, 0.15) is 10.4 Å². The summed E-state index contributed by atoms with van der Waals surface area (Å²) in [5.74, 6) is -0.185. The van der Waals surface area contributed by atoms with Crippen LogP contribution in [0, 0.1) is 0 Å². The first-order chi connectivity index (χ1) is 9.24. The van der Waals surface area contributed by atoms with Gasteiger partial charge in [0.15, 0.2) is 0 Å². The summed E-state index contributed by atoms with van der Waals surface area (Å²) in [5.41, 5.74) is 2.31. The van der Waals surface area contributed by atoms with Crippen molar-refractivity contribution in [3.8, 4) is 0 Å². The molecular weight excluding hydrogens is 306 g/mol. The van der Waals surface area contributed by atoms with Crippen LogP contribution < -0.4 is 5.32 Å². The highest BCUT2D eigenvalue weighted by Gasteiger charge is 2.10. The van der Waals surface area contributed by atoms with Gasteiger partial charge in [-0.2, -0.15) is 0 Å². The highest BCUT2D eigenvalue weighted by atomic mass is 79.9. The number of carbonyl (C=O) groups is 1. The maximum atomic E-state index is 12.1. The number of aromatic nitrogens is 2. The maximum Gasteiger partial charge on any atom is 0.258 e. The molecule has 0 saturated carbocycles. The number of benzene rings is 1. The van der Waals surface area contributed by atoms with Crippen LogP contribution in [0.3, 0.4) is 0 Å². The van der Waals surface area contributed by atoms with Gasteiger partial charge >= 0.3 is 0 Å². The van der Waals surface area contributed by atoms with Crippen LogP contribution >= 0.6 is 15.9 Å². The Morgan fingerprint density at radius 3 is 3.00 bits per heavy atom. The van der Waals surface area contributed by atoms with Crippen LogP contribution in [0.15, 0.2) is 53.4 Å². The average molecular weight is 316 g/mol. The van der Waals surface area contributed by atoms with Gasteiger partial charge in [0.25, 0.3) is 5.91 Å². The number of amides is 1. The van der Waals surface area contributed by atoms with E-state index in [1.807, 2.05) is 30.5 Å². The summed E-state index contributed by atoms with van der Waals surface area (Å²) in [5, 5.41) is 3.92. The van der Waals surface area contributed by atoms with Crippen LogP contribution in [-0.4, -0.2) is 15.9 Å². The molecule has 3 aromatic rings. The molecule has 0 aliphatic carbocycles. The van der Waals surface area contributed by atoms with E-state index in [9.17, 15) is 4.79 Å². The molecule has 0 bridgehead atoms. The number of rotatable bonds is 2. The zero-order chi connectivity index (χ0) is 13.2.